The van der Waals surface area contributed by atoms with Crippen molar-refractivity contribution in [1.82, 2.24) is 19.8 Å². The van der Waals surface area contributed by atoms with Crippen molar-refractivity contribution >= 4 is 27.9 Å². The highest BCUT2D eigenvalue weighted by Crippen LogP contribution is 2.21. The van der Waals surface area contributed by atoms with Crippen LogP contribution in [0, 0.1) is 0 Å². The number of amides is 4. The van der Waals surface area contributed by atoms with Crippen LogP contribution in [0.3, 0.4) is 0 Å². The van der Waals surface area contributed by atoms with Crippen molar-refractivity contribution < 1.29 is 27.5 Å². The summed E-state index contributed by atoms with van der Waals surface area (Å²) in [6.45, 7) is 0.750. The van der Waals surface area contributed by atoms with Gasteiger partial charge < -0.3 is 15.0 Å². The molecule has 4 amide bonds. The van der Waals surface area contributed by atoms with Crippen LogP contribution in [0.5, 0.6) is 5.75 Å². The third-order valence-electron chi connectivity index (χ3n) is 4.53. The second kappa shape index (κ2) is 7.53. The largest absolute Gasteiger partial charge is 0.497 e. The number of nitrogens with zero attached hydrogens (tertiary/aromatic N) is 2. The van der Waals surface area contributed by atoms with Crippen LogP contribution < -0.4 is 15.4 Å². The third kappa shape index (κ3) is 4.03. The first-order chi connectivity index (χ1) is 12.8. The first kappa shape index (κ1) is 19.1. The average molecular weight is 396 g/mol. The van der Waals surface area contributed by atoms with E-state index in [1.807, 2.05) is 0 Å². The number of sulfonamides is 1. The number of rotatable bonds is 5. The summed E-state index contributed by atoms with van der Waals surface area (Å²) < 4.78 is 31.8. The van der Waals surface area contributed by atoms with E-state index in [-0.39, 0.29) is 43.4 Å². The molecule has 2 heterocycles. The van der Waals surface area contributed by atoms with E-state index in [4.69, 9.17) is 4.74 Å². The molecule has 0 aliphatic carbocycles. The van der Waals surface area contributed by atoms with Crippen LogP contribution in [0.25, 0.3) is 0 Å². The fourth-order valence-electron chi connectivity index (χ4n) is 2.98. The summed E-state index contributed by atoms with van der Waals surface area (Å²) in [7, 11) is -2.16. The molecule has 3 rings (SSSR count). The fourth-order valence-corrected chi connectivity index (χ4v) is 4.40. The Labute approximate surface area is 156 Å². The lowest BCUT2D eigenvalue weighted by Crippen LogP contribution is -2.51. The Morgan fingerprint density at radius 2 is 1.78 bits per heavy atom. The first-order valence-electron chi connectivity index (χ1n) is 8.34. The predicted molar refractivity (Wildman–Crippen MR) is 93.4 cm³/mol. The van der Waals surface area contributed by atoms with Gasteiger partial charge in [-0.25, -0.2) is 13.2 Å². The van der Waals surface area contributed by atoms with E-state index in [2.05, 4.69) is 10.6 Å². The quantitative estimate of drug-likeness (QED) is 0.623. The van der Waals surface area contributed by atoms with Gasteiger partial charge in [0, 0.05) is 26.2 Å². The number of carbonyl (C=O) groups excluding carboxylic acids is 3. The van der Waals surface area contributed by atoms with Crippen molar-refractivity contribution in [2.45, 2.75) is 17.4 Å². The highest BCUT2D eigenvalue weighted by molar-refractivity contribution is 7.89. The topological polar surface area (TPSA) is 125 Å². The molecule has 2 N–H and O–H groups in total. The highest BCUT2D eigenvalue weighted by Gasteiger charge is 2.35. The second-order valence-corrected chi connectivity index (χ2v) is 8.12. The number of nitrogens with one attached hydrogen (secondary N) is 2. The number of piperazine rings is 1. The average Bonchev–Trinajstić information content (AvgIpc) is 2.98. The van der Waals surface area contributed by atoms with Crippen molar-refractivity contribution in [2.75, 3.05) is 33.3 Å². The zero-order chi connectivity index (χ0) is 19.6. The van der Waals surface area contributed by atoms with Gasteiger partial charge in [0.15, 0.2) is 0 Å². The molecule has 146 valence electrons. The smallest absolute Gasteiger partial charge is 0.322 e. The summed E-state index contributed by atoms with van der Waals surface area (Å²) in [6, 6.07) is 4.61. The first-order valence-corrected chi connectivity index (χ1v) is 9.78. The number of ether oxygens (including phenoxy) is 1. The molecule has 2 saturated heterocycles. The summed E-state index contributed by atoms with van der Waals surface area (Å²) in [5, 5.41) is 4.45. The molecular weight excluding hydrogens is 376 g/mol. The van der Waals surface area contributed by atoms with Crippen LogP contribution in [0.15, 0.2) is 29.2 Å². The van der Waals surface area contributed by atoms with Crippen LogP contribution in [-0.4, -0.2) is 74.8 Å². The van der Waals surface area contributed by atoms with Crippen LogP contribution in [0.1, 0.15) is 6.42 Å². The van der Waals surface area contributed by atoms with E-state index in [0.717, 1.165) is 0 Å². The molecule has 27 heavy (non-hydrogen) atoms. The van der Waals surface area contributed by atoms with Gasteiger partial charge in [0.1, 0.15) is 11.8 Å². The maximum absolute atomic E-state index is 12.7. The number of carbonyl (C=O) groups is 3. The number of urea groups is 1. The summed E-state index contributed by atoms with van der Waals surface area (Å²) >= 11 is 0. The van der Waals surface area contributed by atoms with E-state index in [1.54, 1.807) is 12.1 Å². The van der Waals surface area contributed by atoms with Gasteiger partial charge in [-0.1, -0.05) is 0 Å². The van der Waals surface area contributed by atoms with Gasteiger partial charge >= 0.3 is 6.03 Å². The SMILES string of the molecule is COc1ccc(S(=O)(=O)N2CCN(C(=O)C[C@@H]3NC(=O)NC3=O)CC2)cc1. The summed E-state index contributed by atoms with van der Waals surface area (Å²) in [4.78, 5) is 36.6. The standard InChI is InChI=1S/C16H20N4O6S/c1-26-11-2-4-12(5-3-11)27(24,25)20-8-6-19(7-9-20)14(21)10-13-15(22)18-16(23)17-13/h2-5,13H,6-10H2,1H3,(H2,17,18,22,23)/t13-/m0/s1. The van der Waals surface area contributed by atoms with E-state index in [0.29, 0.717) is 5.75 Å². The second-order valence-electron chi connectivity index (χ2n) is 6.18. The van der Waals surface area contributed by atoms with E-state index < -0.39 is 28.0 Å². The Bertz CT molecular complexity index is 846. The number of hydrogen-bond acceptors (Lipinski definition) is 6. The predicted octanol–water partition coefficient (Wildman–Crippen LogP) is -0.874. The Balaban J connectivity index is 1.58. The molecule has 1 aromatic rings. The summed E-state index contributed by atoms with van der Waals surface area (Å²) in [5.74, 6) is -0.277. The van der Waals surface area contributed by atoms with Crippen molar-refractivity contribution in [3.8, 4) is 5.75 Å². The van der Waals surface area contributed by atoms with Gasteiger partial charge in [-0.2, -0.15) is 4.31 Å². The molecule has 0 aromatic heterocycles. The lowest BCUT2D eigenvalue weighted by Gasteiger charge is -2.34. The van der Waals surface area contributed by atoms with Crippen molar-refractivity contribution in [3.05, 3.63) is 24.3 Å². The van der Waals surface area contributed by atoms with E-state index >= 15 is 0 Å². The Hall–Kier alpha value is -2.66. The molecular formula is C16H20N4O6S. The van der Waals surface area contributed by atoms with E-state index in [1.165, 1.54) is 28.4 Å². The number of hydrogen-bond donors (Lipinski definition) is 2. The molecule has 1 atom stereocenters. The molecule has 0 bridgehead atoms. The molecule has 2 fully saturated rings. The Morgan fingerprint density at radius 1 is 1.15 bits per heavy atom. The highest BCUT2D eigenvalue weighted by atomic mass is 32.2. The molecule has 0 saturated carbocycles. The maximum atomic E-state index is 12.7. The zero-order valence-electron chi connectivity index (χ0n) is 14.7. The minimum Gasteiger partial charge on any atom is -0.497 e. The van der Waals surface area contributed by atoms with Crippen LogP contribution in [-0.2, 0) is 19.6 Å². The number of benzene rings is 1. The Kier molecular flexibility index (Phi) is 5.33. The van der Waals surface area contributed by atoms with Crippen LogP contribution in [0.2, 0.25) is 0 Å². The van der Waals surface area contributed by atoms with Crippen molar-refractivity contribution in [1.29, 1.82) is 0 Å². The lowest BCUT2D eigenvalue weighted by atomic mass is 10.2. The minimum atomic E-state index is -3.66. The minimum absolute atomic E-state index is 0.150. The zero-order valence-corrected chi connectivity index (χ0v) is 15.5. The van der Waals surface area contributed by atoms with Gasteiger partial charge in [0.05, 0.1) is 18.4 Å². The summed E-state index contributed by atoms with van der Waals surface area (Å²) in [5.41, 5.74) is 0. The van der Waals surface area contributed by atoms with Crippen molar-refractivity contribution in [2.24, 2.45) is 0 Å². The van der Waals surface area contributed by atoms with Crippen LogP contribution in [0.4, 0.5) is 4.79 Å². The normalized spacial score (nSPS) is 20.9. The maximum Gasteiger partial charge on any atom is 0.322 e. The molecule has 2 aliphatic heterocycles. The monoisotopic (exact) mass is 396 g/mol. The third-order valence-corrected chi connectivity index (χ3v) is 6.44. The summed E-state index contributed by atoms with van der Waals surface area (Å²) in [6.07, 6.45) is -0.150. The van der Waals surface area contributed by atoms with Gasteiger partial charge in [-0.3, -0.25) is 14.9 Å². The molecule has 10 nitrogen and oxygen atoms in total. The van der Waals surface area contributed by atoms with Gasteiger partial charge in [0.2, 0.25) is 15.9 Å². The van der Waals surface area contributed by atoms with Crippen molar-refractivity contribution in [3.63, 3.8) is 0 Å². The molecule has 0 radical (unpaired) electrons. The van der Waals surface area contributed by atoms with E-state index in [9.17, 15) is 22.8 Å². The molecule has 11 heteroatoms. The van der Waals surface area contributed by atoms with Gasteiger partial charge in [-0.05, 0) is 24.3 Å². The van der Waals surface area contributed by atoms with Gasteiger partial charge in [0.25, 0.3) is 5.91 Å². The molecule has 0 spiro atoms. The van der Waals surface area contributed by atoms with Crippen LogP contribution >= 0.6 is 0 Å². The fraction of sp³-hybridized carbons (Fsp3) is 0.438. The molecule has 1 aromatic carbocycles. The Morgan fingerprint density at radius 3 is 2.30 bits per heavy atom. The van der Waals surface area contributed by atoms with Gasteiger partial charge in [-0.15, -0.1) is 0 Å². The molecule has 0 unspecified atom stereocenters. The number of imide groups is 1. The molecule has 2 aliphatic rings. The number of methoxy groups -OCH3 is 1. The lowest BCUT2D eigenvalue weighted by molar-refractivity contribution is -0.134.